The highest BCUT2D eigenvalue weighted by Crippen LogP contribution is 2.15. The smallest absolute Gasteiger partial charge is 0.248 e. The maximum absolute atomic E-state index is 12.0. The highest BCUT2D eigenvalue weighted by molar-refractivity contribution is 5.76. The first-order valence-electron chi connectivity index (χ1n) is 8.23. The van der Waals surface area contributed by atoms with E-state index in [1.807, 2.05) is 39.0 Å². The molecule has 2 rings (SSSR count). The summed E-state index contributed by atoms with van der Waals surface area (Å²) in [7, 11) is 0. The summed E-state index contributed by atoms with van der Waals surface area (Å²) in [5.41, 5.74) is 1.31. The predicted octanol–water partition coefficient (Wildman–Crippen LogP) is 3.78. The minimum Gasteiger partial charge on any atom is -0.345 e. The highest BCUT2D eigenvalue weighted by atomic mass is 16.5. The van der Waals surface area contributed by atoms with Crippen LogP contribution in [0.4, 0.5) is 0 Å². The molecule has 1 amide bonds. The van der Waals surface area contributed by atoms with Crippen LogP contribution in [0.15, 0.2) is 34.9 Å². The quantitative estimate of drug-likeness (QED) is 0.753. The van der Waals surface area contributed by atoms with Crippen LogP contribution in [0, 0.1) is 0 Å². The molecule has 0 saturated heterocycles. The standard InChI is InChI=1S/C18H25N3O2/c1-13(2)17-20-18(23-21-17)14(3)19-16(22)12-8-7-11-15-9-5-4-6-10-15/h4-6,9-10,13-14H,7-8,11-12H2,1-3H3,(H,19,22)/t14-/m1/s1. The number of hydrogen-bond donors (Lipinski definition) is 1. The molecule has 1 N–H and O–H groups in total. The summed E-state index contributed by atoms with van der Waals surface area (Å²) in [5, 5.41) is 6.83. The molecule has 0 aliphatic heterocycles. The topological polar surface area (TPSA) is 68.0 Å². The maximum Gasteiger partial charge on any atom is 0.248 e. The van der Waals surface area contributed by atoms with Crippen LogP contribution in [0.25, 0.3) is 0 Å². The van der Waals surface area contributed by atoms with Gasteiger partial charge in [-0.05, 0) is 31.7 Å². The fourth-order valence-corrected chi connectivity index (χ4v) is 2.29. The second-order valence-electron chi connectivity index (χ2n) is 6.13. The lowest BCUT2D eigenvalue weighted by molar-refractivity contribution is -0.122. The summed E-state index contributed by atoms with van der Waals surface area (Å²) in [6.07, 6.45) is 3.39. The Hall–Kier alpha value is -2.17. The van der Waals surface area contributed by atoms with Gasteiger partial charge in [0.15, 0.2) is 5.82 Å². The van der Waals surface area contributed by atoms with Crippen molar-refractivity contribution >= 4 is 5.91 Å². The lowest BCUT2D eigenvalue weighted by atomic mass is 10.1. The van der Waals surface area contributed by atoms with Crippen molar-refractivity contribution in [3.05, 3.63) is 47.6 Å². The van der Waals surface area contributed by atoms with Crippen molar-refractivity contribution in [2.45, 2.75) is 58.4 Å². The predicted molar refractivity (Wildman–Crippen MR) is 88.9 cm³/mol. The molecule has 0 spiro atoms. The lowest BCUT2D eigenvalue weighted by Crippen LogP contribution is -2.26. The Morgan fingerprint density at radius 1 is 1.17 bits per heavy atom. The first-order chi connectivity index (χ1) is 11.1. The molecular weight excluding hydrogens is 290 g/mol. The van der Waals surface area contributed by atoms with Crippen molar-refractivity contribution in [2.75, 3.05) is 0 Å². The van der Waals surface area contributed by atoms with Crippen LogP contribution in [-0.4, -0.2) is 16.0 Å². The van der Waals surface area contributed by atoms with Gasteiger partial charge in [-0.3, -0.25) is 4.79 Å². The van der Waals surface area contributed by atoms with Gasteiger partial charge in [-0.2, -0.15) is 4.98 Å². The Morgan fingerprint density at radius 2 is 1.91 bits per heavy atom. The Kier molecular flexibility index (Phi) is 6.32. The fourth-order valence-electron chi connectivity index (χ4n) is 2.29. The zero-order chi connectivity index (χ0) is 16.7. The van der Waals surface area contributed by atoms with Crippen LogP contribution in [0.5, 0.6) is 0 Å². The molecule has 0 aliphatic carbocycles. The van der Waals surface area contributed by atoms with E-state index in [1.54, 1.807) is 0 Å². The summed E-state index contributed by atoms with van der Waals surface area (Å²) in [6.45, 7) is 5.87. The van der Waals surface area contributed by atoms with E-state index in [2.05, 4.69) is 27.6 Å². The van der Waals surface area contributed by atoms with E-state index in [0.717, 1.165) is 19.3 Å². The molecule has 0 unspecified atom stereocenters. The third-order valence-electron chi connectivity index (χ3n) is 3.68. The molecule has 0 fully saturated rings. The van der Waals surface area contributed by atoms with E-state index in [0.29, 0.717) is 18.1 Å². The van der Waals surface area contributed by atoms with E-state index in [-0.39, 0.29) is 17.9 Å². The van der Waals surface area contributed by atoms with Gasteiger partial charge in [-0.25, -0.2) is 0 Å². The Balaban J connectivity index is 1.69. The van der Waals surface area contributed by atoms with Gasteiger partial charge in [-0.1, -0.05) is 49.3 Å². The normalized spacial score (nSPS) is 12.3. The molecule has 0 radical (unpaired) electrons. The van der Waals surface area contributed by atoms with Crippen molar-refractivity contribution in [2.24, 2.45) is 0 Å². The molecule has 124 valence electrons. The molecule has 0 saturated carbocycles. The molecule has 2 aromatic rings. The third-order valence-corrected chi connectivity index (χ3v) is 3.68. The third kappa shape index (κ3) is 5.51. The first kappa shape index (κ1) is 17.2. The molecular formula is C18H25N3O2. The molecule has 1 aromatic carbocycles. The van der Waals surface area contributed by atoms with Gasteiger partial charge in [-0.15, -0.1) is 0 Å². The van der Waals surface area contributed by atoms with Crippen LogP contribution < -0.4 is 5.32 Å². The summed E-state index contributed by atoms with van der Waals surface area (Å²) < 4.78 is 5.20. The van der Waals surface area contributed by atoms with Gasteiger partial charge in [0.1, 0.15) is 6.04 Å². The molecule has 23 heavy (non-hydrogen) atoms. The zero-order valence-corrected chi connectivity index (χ0v) is 14.1. The number of nitrogens with zero attached hydrogens (tertiary/aromatic N) is 2. The minimum atomic E-state index is -0.253. The number of unbranched alkanes of at least 4 members (excludes halogenated alkanes) is 1. The molecule has 0 bridgehead atoms. The number of amides is 1. The van der Waals surface area contributed by atoms with Crippen LogP contribution in [0.2, 0.25) is 0 Å². The van der Waals surface area contributed by atoms with Crippen LogP contribution in [0.3, 0.4) is 0 Å². The second kappa shape index (κ2) is 8.46. The Labute approximate surface area is 137 Å². The van der Waals surface area contributed by atoms with Crippen molar-refractivity contribution in [1.29, 1.82) is 0 Å². The van der Waals surface area contributed by atoms with Crippen molar-refractivity contribution in [3.63, 3.8) is 0 Å². The largest absolute Gasteiger partial charge is 0.345 e. The van der Waals surface area contributed by atoms with Crippen LogP contribution >= 0.6 is 0 Å². The lowest BCUT2D eigenvalue weighted by Gasteiger charge is -2.09. The number of carbonyl (C=O) groups is 1. The van der Waals surface area contributed by atoms with E-state index >= 15 is 0 Å². The number of aromatic nitrogens is 2. The SMILES string of the molecule is CC(C)c1noc([C@@H](C)NC(=O)CCCCc2ccccc2)n1. The summed E-state index contributed by atoms with van der Waals surface area (Å²) in [6, 6.07) is 10.1. The molecule has 1 atom stereocenters. The number of hydrogen-bond acceptors (Lipinski definition) is 4. The van der Waals surface area contributed by atoms with Gasteiger partial charge < -0.3 is 9.84 Å². The molecule has 1 heterocycles. The number of nitrogens with one attached hydrogen (secondary N) is 1. The molecule has 1 aromatic heterocycles. The van der Waals surface area contributed by atoms with Crippen LogP contribution in [0.1, 0.15) is 69.3 Å². The van der Waals surface area contributed by atoms with Gasteiger partial charge in [0.2, 0.25) is 11.8 Å². The number of carbonyl (C=O) groups excluding carboxylic acids is 1. The summed E-state index contributed by atoms with van der Waals surface area (Å²) in [4.78, 5) is 16.3. The van der Waals surface area contributed by atoms with Crippen LogP contribution in [-0.2, 0) is 11.2 Å². The van der Waals surface area contributed by atoms with E-state index in [4.69, 9.17) is 4.52 Å². The van der Waals surface area contributed by atoms with Gasteiger partial charge >= 0.3 is 0 Å². The summed E-state index contributed by atoms with van der Waals surface area (Å²) >= 11 is 0. The molecule has 5 nitrogen and oxygen atoms in total. The van der Waals surface area contributed by atoms with Crippen molar-refractivity contribution in [1.82, 2.24) is 15.5 Å². The van der Waals surface area contributed by atoms with Gasteiger partial charge in [0, 0.05) is 12.3 Å². The zero-order valence-electron chi connectivity index (χ0n) is 14.1. The number of rotatable bonds is 8. The number of aryl methyl sites for hydroxylation is 1. The second-order valence-corrected chi connectivity index (χ2v) is 6.13. The average Bonchev–Trinajstić information content (AvgIpc) is 3.03. The monoisotopic (exact) mass is 315 g/mol. The van der Waals surface area contributed by atoms with E-state index in [9.17, 15) is 4.79 Å². The van der Waals surface area contributed by atoms with E-state index in [1.165, 1.54) is 5.56 Å². The Morgan fingerprint density at radius 3 is 2.57 bits per heavy atom. The van der Waals surface area contributed by atoms with Crippen molar-refractivity contribution in [3.8, 4) is 0 Å². The van der Waals surface area contributed by atoms with Gasteiger partial charge in [0.25, 0.3) is 0 Å². The highest BCUT2D eigenvalue weighted by Gasteiger charge is 2.17. The average molecular weight is 315 g/mol. The Bertz CT molecular complexity index is 608. The molecule has 0 aliphatic rings. The van der Waals surface area contributed by atoms with Gasteiger partial charge in [0.05, 0.1) is 0 Å². The fraction of sp³-hybridized carbons (Fsp3) is 0.500. The molecule has 5 heteroatoms. The van der Waals surface area contributed by atoms with E-state index < -0.39 is 0 Å². The number of benzene rings is 1. The van der Waals surface area contributed by atoms with Crippen molar-refractivity contribution < 1.29 is 9.32 Å². The summed E-state index contributed by atoms with van der Waals surface area (Å²) in [5.74, 6) is 1.37. The maximum atomic E-state index is 12.0. The minimum absolute atomic E-state index is 0.0230. The first-order valence-corrected chi connectivity index (χ1v) is 8.23.